The first-order valence-corrected chi connectivity index (χ1v) is 8.37. The maximum absolute atomic E-state index is 12.5. The summed E-state index contributed by atoms with van der Waals surface area (Å²) >= 11 is 0. The van der Waals surface area contributed by atoms with E-state index in [4.69, 9.17) is 19.3 Å². The van der Waals surface area contributed by atoms with Crippen LogP contribution in [0.3, 0.4) is 0 Å². The predicted molar refractivity (Wildman–Crippen MR) is 88.9 cm³/mol. The molecule has 0 spiro atoms. The molecule has 0 radical (unpaired) electrons. The number of ether oxygens (including phenoxy) is 3. The Labute approximate surface area is 154 Å². The van der Waals surface area contributed by atoms with Gasteiger partial charge in [0.25, 0.3) is 0 Å². The maximum Gasteiger partial charge on any atom is 0.448 e. The minimum atomic E-state index is -4.95. The summed E-state index contributed by atoms with van der Waals surface area (Å²) in [7, 11) is 5.27. The summed E-state index contributed by atoms with van der Waals surface area (Å²) in [4.78, 5) is 12.3. The van der Waals surface area contributed by atoms with Gasteiger partial charge in [0.15, 0.2) is 17.3 Å². The highest BCUT2D eigenvalue weighted by Gasteiger charge is 2.42. The highest BCUT2D eigenvalue weighted by molar-refractivity contribution is 5.90. The summed E-state index contributed by atoms with van der Waals surface area (Å²) in [6, 6.07) is 1.38. The molecule has 9 heteroatoms. The first kappa shape index (κ1) is 19.3. The number of methoxy groups -OCH3 is 1. The van der Waals surface area contributed by atoms with E-state index in [1.165, 1.54) is 7.11 Å². The van der Waals surface area contributed by atoms with Crippen LogP contribution in [0.1, 0.15) is 23.6 Å². The maximum atomic E-state index is 12.5. The van der Waals surface area contributed by atoms with Crippen LogP contribution in [0.25, 0.3) is 0 Å². The Hall–Kier alpha value is -2.42. The van der Waals surface area contributed by atoms with Crippen LogP contribution in [0.4, 0.5) is 13.2 Å². The van der Waals surface area contributed by atoms with Crippen LogP contribution in [0.5, 0.6) is 17.2 Å². The summed E-state index contributed by atoms with van der Waals surface area (Å²) in [5.41, 5.74) is 1.64. The summed E-state index contributed by atoms with van der Waals surface area (Å²) in [5, 5.41) is 9.09. The van der Waals surface area contributed by atoms with Crippen LogP contribution in [0, 0.1) is 0 Å². The number of quaternary nitrogens is 1. The average molecular weight is 388 g/mol. The third-order valence-electron chi connectivity index (χ3n) is 5.06. The standard InChI is InChI=1S/C18H20F3NO5/c1-22(2)5-4-10-6-13-16(27-9-26-13)17(25-3)15(10)12(22)7-11(23)8-14(24)18(19,20)21/h6,8,12H,4-5,7,9H2,1-3H3/p+1/t12-/m1/s1. The van der Waals surface area contributed by atoms with E-state index in [1.807, 2.05) is 20.2 Å². The number of allylic oxidation sites excluding steroid dienone is 2. The molecule has 0 unspecified atom stereocenters. The molecule has 6 nitrogen and oxygen atoms in total. The molecule has 1 N–H and O–H groups in total. The minimum absolute atomic E-state index is 0.0542. The van der Waals surface area contributed by atoms with Crippen molar-refractivity contribution in [2.75, 3.05) is 34.5 Å². The lowest BCUT2D eigenvalue weighted by atomic mass is 9.86. The fraction of sp³-hybridized carbons (Fsp3) is 0.500. The van der Waals surface area contributed by atoms with E-state index in [1.54, 1.807) is 0 Å². The molecule has 0 aliphatic carbocycles. The minimum Gasteiger partial charge on any atom is -0.504 e. The molecule has 1 atom stereocenters. The molecule has 148 valence electrons. The fourth-order valence-electron chi connectivity index (χ4n) is 3.60. The van der Waals surface area contributed by atoms with Gasteiger partial charge in [-0.1, -0.05) is 0 Å². The number of fused-ring (bicyclic) bond motifs is 2. The number of nitrogens with zero attached hydrogens (tertiary/aromatic N) is 1. The van der Waals surface area contributed by atoms with Gasteiger partial charge in [0.05, 0.1) is 39.7 Å². The number of hydrogen-bond acceptors (Lipinski definition) is 5. The molecule has 3 rings (SSSR count). The zero-order chi connectivity index (χ0) is 20.0. The van der Waals surface area contributed by atoms with Gasteiger partial charge in [0, 0.05) is 12.5 Å². The van der Waals surface area contributed by atoms with Gasteiger partial charge in [0.2, 0.25) is 18.3 Å². The second-order valence-electron chi connectivity index (χ2n) is 7.18. The van der Waals surface area contributed by atoms with E-state index in [0.29, 0.717) is 34.7 Å². The van der Waals surface area contributed by atoms with Crippen molar-refractivity contribution in [3.63, 3.8) is 0 Å². The van der Waals surface area contributed by atoms with Crippen molar-refractivity contribution in [3.05, 3.63) is 29.0 Å². The fourth-order valence-corrected chi connectivity index (χ4v) is 3.60. The van der Waals surface area contributed by atoms with Crippen molar-refractivity contribution >= 4 is 5.78 Å². The van der Waals surface area contributed by atoms with E-state index in [0.717, 1.165) is 11.1 Å². The topological polar surface area (TPSA) is 65.0 Å². The number of aliphatic hydroxyl groups excluding tert-OH is 1. The Morgan fingerprint density at radius 2 is 2.11 bits per heavy atom. The molecule has 0 saturated carbocycles. The molecule has 0 saturated heterocycles. The largest absolute Gasteiger partial charge is 0.504 e. The molecule has 0 fully saturated rings. The van der Waals surface area contributed by atoms with Crippen LogP contribution in [-0.4, -0.2) is 56.1 Å². The molecular formula is C18H21F3NO5+. The summed E-state index contributed by atoms with van der Waals surface area (Å²) in [6.07, 6.45) is -4.22. The van der Waals surface area contributed by atoms with Gasteiger partial charge in [0.1, 0.15) is 6.04 Å². The van der Waals surface area contributed by atoms with Gasteiger partial charge in [-0.05, 0) is 11.6 Å². The highest BCUT2D eigenvalue weighted by Crippen LogP contribution is 2.51. The molecule has 0 bridgehead atoms. The summed E-state index contributed by atoms with van der Waals surface area (Å²) in [6.45, 7) is 0.737. The first-order valence-electron chi connectivity index (χ1n) is 8.37. The smallest absolute Gasteiger partial charge is 0.448 e. The lowest BCUT2D eigenvalue weighted by molar-refractivity contribution is -0.922. The predicted octanol–water partition coefficient (Wildman–Crippen LogP) is 3.06. The number of hydrogen-bond donors (Lipinski definition) is 1. The number of ketones is 1. The first-order chi connectivity index (χ1) is 12.5. The highest BCUT2D eigenvalue weighted by atomic mass is 19.4. The summed E-state index contributed by atoms with van der Waals surface area (Å²) in [5.74, 6) is -1.28. The van der Waals surface area contributed by atoms with Gasteiger partial charge in [-0.3, -0.25) is 4.79 Å². The van der Waals surface area contributed by atoms with Gasteiger partial charge >= 0.3 is 6.18 Å². The van der Waals surface area contributed by atoms with Crippen LogP contribution in [-0.2, 0) is 11.2 Å². The van der Waals surface area contributed by atoms with Crippen molar-refractivity contribution in [3.8, 4) is 17.2 Å². The molecule has 0 amide bonds. The summed E-state index contributed by atoms with van der Waals surface area (Å²) < 4.78 is 54.4. The monoisotopic (exact) mass is 388 g/mol. The second-order valence-corrected chi connectivity index (χ2v) is 7.18. The SMILES string of the molecule is COc1c2c(cc3c1[C@@H](CC(=O)C=C(O)C(F)(F)F)[N+](C)(C)CC3)OCO2. The average Bonchev–Trinajstić information content (AvgIpc) is 3.02. The van der Waals surface area contributed by atoms with Gasteiger partial charge < -0.3 is 23.8 Å². The number of carbonyl (C=O) groups is 1. The molecule has 1 aromatic rings. The normalized spacial score (nSPS) is 21.0. The third kappa shape index (κ3) is 3.55. The Kier molecular flexibility index (Phi) is 4.75. The second kappa shape index (κ2) is 6.63. The van der Waals surface area contributed by atoms with E-state index in [-0.39, 0.29) is 19.3 Å². The number of carbonyl (C=O) groups excluding carboxylic acids is 1. The van der Waals surface area contributed by atoms with Crippen LogP contribution in [0.2, 0.25) is 0 Å². The number of benzene rings is 1. The molecule has 0 aromatic heterocycles. The molecular weight excluding hydrogens is 367 g/mol. The number of likely N-dealkylation sites (N-methyl/N-ethyl adjacent to an activating group) is 1. The van der Waals surface area contributed by atoms with E-state index >= 15 is 0 Å². The number of aliphatic hydroxyl groups is 1. The molecule has 2 aliphatic rings. The Morgan fingerprint density at radius 3 is 2.74 bits per heavy atom. The Bertz CT molecular complexity index is 801. The quantitative estimate of drug-likeness (QED) is 0.488. The molecule has 2 aliphatic heterocycles. The molecule has 2 heterocycles. The lowest BCUT2D eigenvalue weighted by Crippen LogP contribution is -2.48. The van der Waals surface area contributed by atoms with Crippen molar-refractivity contribution in [1.82, 2.24) is 0 Å². The Balaban J connectivity index is 2.02. The van der Waals surface area contributed by atoms with E-state index < -0.39 is 23.8 Å². The van der Waals surface area contributed by atoms with Crippen molar-refractivity contribution in [2.45, 2.75) is 25.1 Å². The van der Waals surface area contributed by atoms with Gasteiger partial charge in [-0.25, -0.2) is 0 Å². The van der Waals surface area contributed by atoms with Crippen LogP contribution >= 0.6 is 0 Å². The van der Waals surface area contributed by atoms with Crippen LogP contribution in [0.15, 0.2) is 17.9 Å². The van der Waals surface area contributed by atoms with Crippen LogP contribution < -0.4 is 14.2 Å². The van der Waals surface area contributed by atoms with E-state index in [2.05, 4.69) is 0 Å². The zero-order valence-corrected chi connectivity index (χ0v) is 15.2. The number of alkyl halides is 3. The number of halogens is 3. The Morgan fingerprint density at radius 1 is 1.41 bits per heavy atom. The molecule has 1 aromatic carbocycles. The third-order valence-corrected chi connectivity index (χ3v) is 5.06. The van der Waals surface area contributed by atoms with Gasteiger partial charge in [-0.2, -0.15) is 13.2 Å². The lowest BCUT2D eigenvalue weighted by Gasteiger charge is -2.43. The van der Waals surface area contributed by atoms with Crippen molar-refractivity contribution in [2.24, 2.45) is 0 Å². The van der Waals surface area contributed by atoms with E-state index in [9.17, 15) is 18.0 Å². The van der Waals surface area contributed by atoms with Crippen molar-refractivity contribution < 1.29 is 41.8 Å². The van der Waals surface area contributed by atoms with Gasteiger partial charge in [-0.15, -0.1) is 0 Å². The molecule has 27 heavy (non-hydrogen) atoms. The zero-order valence-electron chi connectivity index (χ0n) is 15.2. The van der Waals surface area contributed by atoms with Crippen molar-refractivity contribution in [1.29, 1.82) is 0 Å². The number of rotatable bonds is 4.